The molecule has 0 saturated carbocycles. The first kappa shape index (κ1) is 14.6. The van der Waals surface area contributed by atoms with Crippen LogP contribution in [0.2, 0.25) is 0 Å². The molecule has 1 saturated heterocycles. The highest BCUT2D eigenvalue weighted by molar-refractivity contribution is 5.94. The summed E-state index contributed by atoms with van der Waals surface area (Å²) in [5, 5.41) is 8.89. The van der Waals surface area contributed by atoms with Crippen LogP contribution in [0.15, 0.2) is 24.3 Å². The van der Waals surface area contributed by atoms with E-state index in [1.807, 2.05) is 29.2 Å². The van der Waals surface area contributed by atoms with Crippen molar-refractivity contribution in [3.05, 3.63) is 35.4 Å². The number of benzene rings is 1. The molecule has 3 heteroatoms. The minimum absolute atomic E-state index is 0.0850. The Bertz CT molecular complexity index is 511. The summed E-state index contributed by atoms with van der Waals surface area (Å²) >= 11 is 0. The molecule has 20 heavy (non-hydrogen) atoms. The number of nitriles is 1. The van der Waals surface area contributed by atoms with Gasteiger partial charge in [-0.1, -0.05) is 32.9 Å². The summed E-state index contributed by atoms with van der Waals surface area (Å²) in [5.41, 5.74) is 2.08. The Hall–Kier alpha value is -1.82. The molecule has 0 N–H and O–H groups in total. The van der Waals surface area contributed by atoms with Crippen molar-refractivity contribution < 1.29 is 4.79 Å². The monoisotopic (exact) mass is 270 g/mol. The fraction of sp³-hybridized carbons (Fsp3) is 0.529. The van der Waals surface area contributed by atoms with E-state index in [1.54, 1.807) is 0 Å². The third kappa shape index (κ3) is 3.19. The van der Waals surface area contributed by atoms with E-state index in [0.717, 1.165) is 18.4 Å². The largest absolute Gasteiger partial charge is 0.339 e. The van der Waals surface area contributed by atoms with E-state index in [2.05, 4.69) is 26.8 Å². The summed E-state index contributed by atoms with van der Waals surface area (Å²) in [6.45, 7) is 7.87. The number of piperidine rings is 1. The van der Waals surface area contributed by atoms with Crippen LogP contribution in [0.25, 0.3) is 0 Å². The minimum Gasteiger partial charge on any atom is -0.339 e. The van der Waals surface area contributed by atoms with E-state index < -0.39 is 0 Å². The van der Waals surface area contributed by atoms with E-state index in [0.29, 0.717) is 13.1 Å². The summed E-state index contributed by atoms with van der Waals surface area (Å²) in [6, 6.07) is 10.2. The summed E-state index contributed by atoms with van der Waals surface area (Å²) in [5.74, 6) is 0.198. The molecule has 0 aromatic heterocycles. The Morgan fingerprint density at radius 2 is 1.75 bits per heavy atom. The predicted octanol–water partition coefficient (Wildman–Crippen LogP) is 3.36. The first-order valence-electron chi connectivity index (χ1n) is 7.21. The van der Waals surface area contributed by atoms with Crippen molar-refractivity contribution in [2.75, 3.05) is 13.1 Å². The second-order valence-corrected chi connectivity index (χ2v) is 6.52. The Morgan fingerprint density at radius 1 is 1.20 bits per heavy atom. The minimum atomic E-state index is 0.0850. The van der Waals surface area contributed by atoms with Gasteiger partial charge in [-0.3, -0.25) is 4.79 Å². The average molecular weight is 270 g/mol. The first-order valence-corrected chi connectivity index (χ1v) is 7.21. The highest BCUT2D eigenvalue weighted by Gasteiger charge is 2.23. The SMILES string of the molecule is CC(C)(C)c1ccc(C(=O)N2CCC(C#N)CC2)cc1. The molecule has 1 aliphatic heterocycles. The quantitative estimate of drug-likeness (QED) is 0.785. The number of hydrogen-bond donors (Lipinski definition) is 0. The molecule has 2 rings (SSSR count). The van der Waals surface area contributed by atoms with Crippen LogP contribution >= 0.6 is 0 Å². The van der Waals surface area contributed by atoms with Gasteiger partial charge in [0.25, 0.3) is 5.91 Å². The second kappa shape index (κ2) is 5.66. The van der Waals surface area contributed by atoms with Gasteiger partial charge in [-0.2, -0.15) is 5.26 Å². The topological polar surface area (TPSA) is 44.1 Å². The molecule has 0 spiro atoms. The maximum absolute atomic E-state index is 12.4. The van der Waals surface area contributed by atoms with Crippen molar-refractivity contribution in [1.29, 1.82) is 5.26 Å². The Balaban J connectivity index is 2.05. The summed E-state index contributed by atoms with van der Waals surface area (Å²) < 4.78 is 0. The maximum atomic E-state index is 12.4. The summed E-state index contributed by atoms with van der Waals surface area (Å²) in [4.78, 5) is 14.3. The molecular formula is C17H22N2O. The van der Waals surface area contributed by atoms with Gasteiger partial charge in [-0.15, -0.1) is 0 Å². The van der Waals surface area contributed by atoms with Crippen molar-refractivity contribution in [3.8, 4) is 6.07 Å². The van der Waals surface area contributed by atoms with Crippen LogP contribution in [0, 0.1) is 17.2 Å². The Morgan fingerprint density at radius 3 is 2.20 bits per heavy atom. The van der Waals surface area contributed by atoms with Gasteiger partial charge in [-0.25, -0.2) is 0 Å². The van der Waals surface area contributed by atoms with Crippen LogP contribution in [-0.2, 0) is 5.41 Å². The molecule has 1 fully saturated rings. The number of hydrogen-bond acceptors (Lipinski definition) is 2. The van der Waals surface area contributed by atoms with E-state index in [-0.39, 0.29) is 17.2 Å². The lowest BCUT2D eigenvalue weighted by atomic mass is 9.86. The molecule has 1 aromatic rings. The zero-order valence-corrected chi connectivity index (χ0v) is 12.5. The van der Waals surface area contributed by atoms with Crippen LogP contribution in [0.1, 0.15) is 49.5 Å². The lowest BCUT2D eigenvalue weighted by Crippen LogP contribution is -2.38. The molecule has 0 aliphatic carbocycles. The lowest BCUT2D eigenvalue weighted by Gasteiger charge is -2.29. The Kier molecular flexibility index (Phi) is 4.13. The number of carbonyl (C=O) groups excluding carboxylic acids is 1. The third-order valence-corrected chi connectivity index (χ3v) is 3.96. The normalized spacial score (nSPS) is 16.8. The number of carbonyl (C=O) groups is 1. The van der Waals surface area contributed by atoms with Gasteiger partial charge in [0.2, 0.25) is 0 Å². The third-order valence-electron chi connectivity index (χ3n) is 3.96. The van der Waals surface area contributed by atoms with Crippen LogP contribution in [0.4, 0.5) is 0 Å². The summed E-state index contributed by atoms with van der Waals surface area (Å²) in [7, 11) is 0. The number of nitrogens with zero attached hydrogens (tertiary/aromatic N) is 2. The molecule has 0 radical (unpaired) electrons. The standard InChI is InChI=1S/C17H22N2O/c1-17(2,3)15-6-4-14(5-7-15)16(20)19-10-8-13(12-18)9-11-19/h4-7,13H,8-11H2,1-3H3. The van der Waals surface area contributed by atoms with E-state index in [9.17, 15) is 4.79 Å². The molecular weight excluding hydrogens is 248 g/mol. The molecule has 1 amide bonds. The number of rotatable bonds is 1. The van der Waals surface area contributed by atoms with Crippen molar-refractivity contribution in [2.45, 2.75) is 39.0 Å². The average Bonchev–Trinajstić information content (AvgIpc) is 2.46. The van der Waals surface area contributed by atoms with Crippen molar-refractivity contribution in [2.24, 2.45) is 5.92 Å². The van der Waals surface area contributed by atoms with Gasteiger partial charge < -0.3 is 4.90 Å². The highest BCUT2D eigenvalue weighted by atomic mass is 16.2. The fourth-order valence-electron chi connectivity index (χ4n) is 2.51. The van der Waals surface area contributed by atoms with Gasteiger partial charge in [0.15, 0.2) is 0 Å². The predicted molar refractivity (Wildman–Crippen MR) is 79.4 cm³/mol. The number of likely N-dealkylation sites (tertiary alicyclic amines) is 1. The number of amides is 1. The van der Waals surface area contributed by atoms with Gasteiger partial charge in [-0.05, 0) is 36.0 Å². The van der Waals surface area contributed by atoms with Crippen molar-refractivity contribution in [3.63, 3.8) is 0 Å². The fourth-order valence-corrected chi connectivity index (χ4v) is 2.51. The zero-order valence-electron chi connectivity index (χ0n) is 12.5. The van der Waals surface area contributed by atoms with Crippen molar-refractivity contribution in [1.82, 2.24) is 4.90 Å². The molecule has 0 unspecified atom stereocenters. The van der Waals surface area contributed by atoms with Gasteiger partial charge in [0, 0.05) is 24.6 Å². The van der Waals surface area contributed by atoms with E-state index >= 15 is 0 Å². The first-order chi connectivity index (χ1) is 9.41. The van der Waals surface area contributed by atoms with Gasteiger partial charge >= 0.3 is 0 Å². The van der Waals surface area contributed by atoms with Crippen molar-refractivity contribution >= 4 is 5.91 Å². The van der Waals surface area contributed by atoms with Crippen LogP contribution in [0.3, 0.4) is 0 Å². The molecule has 0 atom stereocenters. The summed E-state index contributed by atoms with van der Waals surface area (Å²) in [6.07, 6.45) is 1.59. The van der Waals surface area contributed by atoms with E-state index in [1.165, 1.54) is 5.56 Å². The Labute approximate surface area is 121 Å². The maximum Gasteiger partial charge on any atom is 0.253 e. The van der Waals surface area contributed by atoms with Gasteiger partial charge in [0.1, 0.15) is 0 Å². The highest BCUT2D eigenvalue weighted by Crippen LogP contribution is 2.23. The molecule has 0 bridgehead atoms. The van der Waals surface area contributed by atoms with Gasteiger partial charge in [0.05, 0.1) is 6.07 Å². The molecule has 1 heterocycles. The van der Waals surface area contributed by atoms with Crippen LogP contribution in [0.5, 0.6) is 0 Å². The van der Waals surface area contributed by atoms with Crippen LogP contribution < -0.4 is 0 Å². The second-order valence-electron chi connectivity index (χ2n) is 6.52. The molecule has 1 aliphatic rings. The van der Waals surface area contributed by atoms with E-state index in [4.69, 9.17) is 5.26 Å². The lowest BCUT2D eigenvalue weighted by molar-refractivity contribution is 0.0707. The molecule has 3 nitrogen and oxygen atoms in total. The molecule has 106 valence electrons. The zero-order chi connectivity index (χ0) is 14.8. The smallest absolute Gasteiger partial charge is 0.253 e. The molecule has 1 aromatic carbocycles. The van der Waals surface area contributed by atoms with Crippen LogP contribution in [-0.4, -0.2) is 23.9 Å².